The van der Waals surface area contributed by atoms with Crippen molar-refractivity contribution < 1.29 is 9.59 Å². The molecule has 1 fully saturated rings. The van der Waals surface area contributed by atoms with Crippen molar-refractivity contribution in [2.75, 3.05) is 36.4 Å². The molecule has 1 saturated heterocycles. The smallest absolute Gasteiger partial charge is 0.264 e. The third kappa shape index (κ3) is 4.99. The maximum Gasteiger partial charge on any atom is 0.264 e. The highest BCUT2D eigenvalue weighted by molar-refractivity contribution is 7.12. The number of piperazine rings is 1. The van der Waals surface area contributed by atoms with Crippen LogP contribution in [0.1, 0.15) is 20.0 Å². The molecule has 0 aliphatic carbocycles. The van der Waals surface area contributed by atoms with Crippen LogP contribution >= 0.6 is 46.1 Å². The standard InChI is InChI=1S/C22H18Cl3N3O2S/c23-14-3-5-16(17(24)12-14)21(29)26-15-4-6-19(18(25)13-15)27-7-9-28(10-8-27)22(30)20-2-1-11-31-20/h1-6,11-13H,7-10H2,(H,26,29). The van der Waals surface area contributed by atoms with Crippen molar-refractivity contribution in [3.8, 4) is 0 Å². The summed E-state index contributed by atoms with van der Waals surface area (Å²) < 4.78 is 0. The van der Waals surface area contributed by atoms with Crippen molar-refractivity contribution in [1.29, 1.82) is 0 Å². The van der Waals surface area contributed by atoms with Gasteiger partial charge in [-0.2, -0.15) is 0 Å². The lowest BCUT2D eigenvalue weighted by Crippen LogP contribution is -2.48. The molecular formula is C22H18Cl3N3O2S. The van der Waals surface area contributed by atoms with E-state index in [1.165, 1.54) is 17.4 Å². The molecule has 1 aliphatic rings. The first-order valence-electron chi connectivity index (χ1n) is 9.56. The molecule has 3 aromatic rings. The Balaban J connectivity index is 1.40. The number of carbonyl (C=O) groups is 2. The zero-order valence-electron chi connectivity index (χ0n) is 16.3. The molecule has 2 amide bonds. The van der Waals surface area contributed by atoms with Gasteiger partial charge in [-0.1, -0.05) is 40.9 Å². The highest BCUT2D eigenvalue weighted by atomic mass is 35.5. The van der Waals surface area contributed by atoms with E-state index in [1.807, 2.05) is 28.5 Å². The second-order valence-corrected chi connectivity index (χ2v) is 9.20. The number of nitrogens with zero attached hydrogens (tertiary/aromatic N) is 2. The predicted octanol–water partition coefficient (Wildman–Crippen LogP) is 5.92. The first kappa shape index (κ1) is 22.0. The number of rotatable bonds is 4. The average molecular weight is 495 g/mol. The van der Waals surface area contributed by atoms with Crippen LogP contribution in [-0.2, 0) is 0 Å². The quantitative estimate of drug-likeness (QED) is 0.489. The normalized spacial score (nSPS) is 13.9. The Morgan fingerprint density at radius 3 is 2.32 bits per heavy atom. The van der Waals surface area contributed by atoms with Gasteiger partial charge in [0.2, 0.25) is 0 Å². The van der Waals surface area contributed by atoms with E-state index < -0.39 is 0 Å². The number of halogens is 3. The van der Waals surface area contributed by atoms with Gasteiger partial charge in [0.25, 0.3) is 11.8 Å². The Bertz CT molecular complexity index is 1110. The highest BCUT2D eigenvalue weighted by Crippen LogP contribution is 2.30. The van der Waals surface area contributed by atoms with Crippen molar-refractivity contribution >= 4 is 69.3 Å². The summed E-state index contributed by atoms with van der Waals surface area (Å²) in [6.07, 6.45) is 0. The second kappa shape index (κ2) is 9.49. The summed E-state index contributed by atoms with van der Waals surface area (Å²) in [7, 11) is 0. The molecule has 5 nitrogen and oxygen atoms in total. The summed E-state index contributed by atoms with van der Waals surface area (Å²) >= 11 is 20.0. The first-order valence-corrected chi connectivity index (χ1v) is 11.6. The number of amides is 2. The van der Waals surface area contributed by atoms with E-state index in [1.54, 1.807) is 24.3 Å². The van der Waals surface area contributed by atoms with Gasteiger partial charge in [-0.25, -0.2) is 0 Å². The van der Waals surface area contributed by atoms with Crippen LogP contribution in [0.5, 0.6) is 0 Å². The number of anilines is 2. The molecule has 0 bridgehead atoms. The van der Waals surface area contributed by atoms with Gasteiger partial charge < -0.3 is 15.1 Å². The molecule has 1 aromatic heterocycles. The van der Waals surface area contributed by atoms with E-state index in [4.69, 9.17) is 34.8 Å². The van der Waals surface area contributed by atoms with E-state index >= 15 is 0 Å². The summed E-state index contributed by atoms with van der Waals surface area (Å²) in [5.74, 6) is -0.272. The van der Waals surface area contributed by atoms with Crippen molar-refractivity contribution in [3.63, 3.8) is 0 Å². The van der Waals surface area contributed by atoms with Crippen LogP contribution in [0.2, 0.25) is 15.1 Å². The number of carbonyl (C=O) groups excluding carboxylic acids is 2. The van der Waals surface area contributed by atoms with Crippen molar-refractivity contribution in [2.24, 2.45) is 0 Å². The molecule has 4 rings (SSSR count). The zero-order chi connectivity index (χ0) is 22.0. The number of hydrogen-bond acceptors (Lipinski definition) is 4. The molecule has 1 N–H and O–H groups in total. The molecular weight excluding hydrogens is 477 g/mol. The molecule has 2 heterocycles. The maximum atomic E-state index is 12.5. The lowest BCUT2D eigenvalue weighted by molar-refractivity contribution is 0.0751. The molecule has 2 aromatic carbocycles. The number of thiophene rings is 1. The summed E-state index contributed by atoms with van der Waals surface area (Å²) in [5, 5.41) is 5.98. The zero-order valence-corrected chi connectivity index (χ0v) is 19.4. The first-order chi connectivity index (χ1) is 14.9. The number of benzene rings is 2. The minimum atomic E-state index is -0.341. The molecule has 0 atom stereocenters. The molecule has 0 saturated carbocycles. The van der Waals surface area contributed by atoms with E-state index in [9.17, 15) is 9.59 Å². The van der Waals surface area contributed by atoms with Crippen LogP contribution in [0.4, 0.5) is 11.4 Å². The monoisotopic (exact) mass is 493 g/mol. The van der Waals surface area contributed by atoms with E-state index in [0.29, 0.717) is 47.5 Å². The minimum absolute atomic E-state index is 0.0691. The Morgan fingerprint density at radius 2 is 1.68 bits per heavy atom. The average Bonchev–Trinajstić information content (AvgIpc) is 3.28. The molecule has 160 valence electrons. The topological polar surface area (TPSA) is 52.7 Å². The fraction of sp³-hybridized carbons (Fsp3) is 0.182. The van der Waals surface area contributed by atoms with Crippen molar-refractivity contribution in [2.45, 2.75) is 0 Å². The van der Waals surface area contributed by atoms with Crippen LogP contribution in [-0.4, -0.2) is 42.9 Å². The molecule has 9 heteroatoms. The number of nitrogens with one attached hydrogen (secondary N) is 1. The minimum Gasteiger partial charge on any atom is -0.367 e. The van der Waals surface area contributed by atoms with Crippen LogP contribution in [0.25, 0.3) is 0 Å². The van der Waals surface area contributed by atoms with E-state index in [0.717, 1.165) is 10.6 Å². The molecule has 0 spiro atoms. The molecule has 0 radical (unpaired) electrons. The Hall–Kier alpha value is -2.25. The van der Waals surface area contributed by atoms with Gasteiger partial charge >= 0.3 is 0 Å². The van der Waals surface area contributed by atoms with Crippen LogP contribution in [0.15, 0.2) is 53.9 Å². The number of hydrogen-bond donors (Lipinski definition) is 1. The van der Waals surface area contributed by atoms with Crippen molar-refractivity contribution in [1.82, 2.24) is 4.90 Å². The van der Waals surface area contributed by atoms with Crippen LogP contribution < -0.4 is 10.2 Å². The van der Waals surface area contributed by atoms with Gasteiger partial charge in [0.1, 0.15) is 0 Å². The molecule has 1 aliphatic heterocycles. The third-order valence-electron chi connectivity index (χ3n) is 5.02. The van der Waals surface area contributed by atoms with E-state index in [2.05, 4.69) is 10.2 Å². The van der Waals surface area contributed by atoms with Gasteiger partial charge in [-0.05, 0) is 47.8 Å². The Labute approximate surface area is 199 Å². The Morgan fingerprint density at radius 1 is 0.903 bits per heavy atom. The maximum absolute atomic E-state index is 12.5. The van der Waals surface area contributed by atoms with Gasteiger partial charge in [0.15, 0.2) is 0 Å². The second-order valence-electron chi connectivity index (χ2n) is 7.00. The van der Waals surface area contributed by atoms with Gasteiger partial charge in [-0.15, -0.1) is 11.3 Å². The van der Waals surface area contributed by atoms with Gasteiger partial charge in [-0.3, -0.25) is 9.59 Å². The van der Waals surface area contributed by atoms with Crippen molar-refractivity contribution in [3.05, 3.63) is 79.4 Å². The Kier molecular flexibility index (Phi) is 6.72. The molecule has 31 heavy (non-hydrogen) atoms. The van der Waals surface area contributed by atoms with Gasteiger partial charge in [0.05, 0.1) is 26.2 Å². The summed E-state index contributed by atoms with van der Waals surface area (Å²) in [6.45, 7) is 2.62. The largest absolute Gasteiger partial charge is 0.367 e. The van der Waals surface area contributed by atoms with Gasteiger partial charge in [0, 0.05) is 36.9 Å². The lowest BCUT2D eigenvalue weighted by atomic mass is 10.2. The van der Waals surface area contributed by atoms with E-state index in [-0.39, 0.29) is 16.8 Å². The predicted molar refractivity (Wildman–Crippen MR) is 128 cm³/mol. The fourth-order valence-corrected chi connectivity index (χ4v) is 4.90. The van der Waals surface area contributed by atoms with Crippen LogP contribution in [0, 0.1) is 0 Å². The SMILES string of the molecule is O=C(Nc1ccc(N2CCN(C(=O)c3cccs3)CC2)c(Cl)c1)c1ccc(Cl)cc1Cl. The summed E-state index contributed by atoms with van der Waals surface area (Å²) in [6, 6.07) is 13.8. The lowest BCUT2D eigenvalue weighted by Gasteiger charge is -2.36. The summed E-state index contributed by atoms with van der Waals surface area (Å²) in [4.78, 5) is 29.8. The van der Waals surface area contributed by atoms with Crippen LogP contribution in [0.3, 0.4) is 0 Å². The third-order valence-corrected chi connectivity index (χ3v) is 6.73. The molecule has 0 unspecified atom stereocenters. The highest BCUT2D eigenvalue weighted by Gasteiger charge is 2.24. The fourth-order valence-electron chi connectivity index (χ4n) is 3.42. The summed E-state index contributed by atoms with van der Waals surface area (Å²) in [5.41, 5.74) is 1.77.